The van der Waals surface area contributed by atoms with E-state index in [4.69, 9.17) is 8.94 Å². The number of nitrogens with zero attached hydrogens (tertiary/aromatic N) is 2. The molecule has 0 bridgehead atoms. The lowest BCUT2D eigenvalue weighted by Crippen LogP contribution is -2.49. The topological polar surface area (TPSA) is 88.6 Å². The van der Waals surface area contributed by atoms with Crippen LogP contribution in [0.4, 0.5) is 0 Å². The predicted octanol–water partition coefficient (Wildman–Crippen LogP) is 1.85. The molecule has 3 heterocycles. The van der Waals surface area contributed by atoms with Crippen LogP contribution in [-0.4, -0.2) is 41.0 Å². The van der Waals surface area contributed by atoms with Gasteiger partial charge in [-0.1, -0.05) is 5.16 Å². The molecule has 1 N–H and O–H groups in total. The highest BCUT2D eigenvalue weighted by molar-refractivity contribution is 5.91. The molecule has 1 atom stereocenters. The van der Waals surface area contributed by atoms with Crippen LogP contribution in [0.1, 0.15) is 40.4 Å². The molecule has 2 aromatic rings. The maximum absolute atomic E-state index is 12.3. The maximum atomic E-state index is 12.3. The summed E-state index contributed by atoms with van der Waals surface area (Å²) in [6, 6.07) is 3.30. The van der Waals surface area contributed by atoms with Crippen molar-refractivity contribution in [3.8, 4) is 0 Å². The summed E-state index contributed by atoms with van der Waals surface area (Å²) in [5.41, 5.74) is 1.56. The molecular formula is C17H21N3O4. The Labute approximate surface area is 140 Å². The summed E-state index contributed by atoms with van der Waals surface area (Å²) in [7, 11) is 0. The van der Waals surface area contributed by atoms with Crippen LogP contribution in [-0.2, 0) is 11.2 Å². The van der Waals surface area contributed by atoms with Crippen molar-refractivity contribution < 1.29 is 18.5 Å². The van der Waals surface area contributed by atoms with Gasteiger partial charge in [-0.05, 0) is 38.8 Å². The van der Waals surface area contributed by atoms with Crippen LogP contribution in [0.3, 0.4) is 0 Å². The molecule has 0 aromatic carbocycles. The van der Waals surface area contributed by atoms with Gasteiger partial charge in [-0.25, -0.2) is 0 Å². The first-order chi connectivity index (χ1) is 11.5. The van der Waals surface area contributed by atoms with Crippen molar-refractivity contribution in [2.75, 3.05) is 13.1 Å². The van der Waals surface area contributed by atoms with Gasteiger partial charge in [-0.2, -0.15) is 0 Å². The van der Waals surface area contributed by atoms with Gasteiger partial charge < -0.3 is 19.2 Å². The molecule has 0 radical (unpaired) electrons. The van der Waals surface area contributed by atoms with Crippen molar-refractivity contribution >= 4 is 11.8 Å². The van der Waals surface area contributed by atoms with E-state index >= 15 is 0 Å². The van der Waals surface area contributed by atoms with Gasteiger partial charge in [0.25, 0.3) is 5.91 Å². The standard InChI is InChI=1S/C17H21N3O4/c1-11-14(12(2)24-19-11)9-16(21)18-13-5-3-7-20(10-13)17(22)15-6-4-8-23-15/h4,6,8,13H,3,5,7,9-10H2,1-2H3,(H,18,21). The number of likely N-dealkylation sites (tertiary alicyclic amines) is 1. The number of carbonyl (C=O) groups is 2. The summed E-state index contributed by atoms with van der Waals surface area (Å²) in [5.74, 6) is 0.782. The third-order valence-corrected chi connectivity index (χ3v) is 4.32. The number of piperidine rings is 1. The van der Waals surface area contributed by atoms with Crippen molar-refractivity contribution in [1.29, 1.82) is 0 Å². The molecule has 1 fully saturated rings. The number of aryl methyl sites for hydroxylation is 2. The highest BCUT2D eigenvalue weighted by Gasteiger charge is 2.27. The number of hydrogen-bond acceptors (Lipinski definition) is 5. The fourth-order valence-electron chi connectivity index (χ4n) is 3.03. The van der Waals surface area contributed by atoms with E-state index < -0.39 is 0 Å². The van der Waals surface area contributed by atoms with Gasteiger partial charge in [0.05, 0.1) is 18.4 Å². The molecule has 1 aliphatic rings. The van der Waals surface area contributed by atoms with Crippen LogP contribution in [0.15, 0.2) is 27.3 Å². The molecule has 2 amide bonds. The normalized spacial score (nSPS) is 17.8. The van der Waals surface area contributed by atoms with E-state index in [9.17, 15) is 9.59 Å². The van der Waals surface area contributed by atoms with E-state index in [2.05, 4.69) is 10.5 Å². The molecule has 128 valence electrons. The molecule has 2 aromatic heterocycles. The average Bonchev–Trinajstić information content (AvgIpc) is 3.20. The lowest BCUT2D eigenvalue weighted by molar-refractivity contribution is -0.121. The minimum atomic E-state index is -0.135. The molecule has 7 nitrogen and oxygen atoms in total. The SMILES string of the molecule is Cc1noc(C)c1CC(=O)NC1CCCN(C(=O)c2ccco2)C1. The van der Waals surface area contributed by atoms with Crippen molar-refractivity contribution in [1.82, 2.24) is 15.4 Å². The van der Waals surface area contributed by atoms with E-state index in [0.29, 0.717) is 24.6 Å². The molecule has 1 saturated heterocycles. The fraction of sp³-hybridized carbons (Fsp3) is 0.471. The van der Waals surface area contributed by atoms with Crippen molar-refractivity contribution in [3.05, 3.63) is 41.2 Å². The quantitative estimate of drug-likeness (QED) is 0.923. The molecule has 0 aliphatic carbocycles. The van der Waals surface area contributed by atoms with Gasteiger partial charge in [0.15, 0.2) is 5.76 Å². The van der Waals surface area contributed by atoms with Gasteiger partial charge in [0.2, 0.25) is 5.91 Å². The number of hydrogen-bond donors (Lipinski definition) is 1. The van der Waals surface area contributed by atoms with E-state index in [0.717, 1.165) is 24.1 Å². The number of amides is 2. The van der Waals surface area contributed by atoms with Crippen LogP contribution in [0.2, 0.25) is 0 Å². The highest BCUT2D eigenvalue weighted by Crippen LogP contribution is 2.16. The zero-order chi connectivity index (χ0) is 17.1. The fourth-order valence-corrected chi connectivity index (χ4v) is 3.03. The minimum Gasteiger partial charge on any atom is -0.459 e. The summed E-state index contributed by atoms with van der Waals surface area (Å²) in [6.07, 6.45) is 3.43. The zero-order valence-corrected chi connectivity index (χ0v) is 13.9. The van der Waals surface area contributed by atoms with Crippen molar-refractivity contribution in [3.63, 3.8) is 0 Å². The average molecular weight is 331 g/mol. The number of furan rings is 1. The van der Waals surface area contributed by atoms with Crippen LogP contribution in [0.5, 0.6) is 0 Å². The monoisotopic (exact) mass is 331 g/mol. The third kappa shape index (κ3) is 3.50. The van der Waals surface area contributed by atoms with Crippen molar-refractivity contribution in [2.45, 2.75) is 39.2 Å². The summed E-state index contributed by atoms with van der Waals surface area (Å²) in [5, 5.41) is 6.87. The Morgan fingerprint density at radius 3 is 2.92 bits per heavy atom. The van der Waals surface area contributed by atoms with Crippen LogP contribution in [0, 0.1) is 13.8 Å². The van der Waals surface area contributed by atoms with Gasteiger partial charge in [0, 0.05) is 24.7 Å². The van der Waals surface area contributed by atoms with Crippen LogP contribution in [0.25, 0.3) is 0 Å². The van der Waals surface area contributed by atoms with E-state index in [1.807, 2.05) is 6.92 Å². The molecule has 3 rings (SSSR count). The largest absolute Gasteiger partial charge is 0.459 e. The van der Waals surface area contributed by atoms with Crippen LogP contribution >= 0.6 is 0 Å². The highest BCUT2D eigenvalue weighted by atomic mass is 16.5. The predicted molar refractivity (Wildman–Crippen MR) is 85.5 cm³/mol. The zero-order valence-electron chi connectivity index (χ0n) is 13.9. The minimum absolute atomic E-state index is 0.0503. The molecule has 0 saturated carbocycles. The first kappa shape index (κ1) is 16.3. The Hall–Kier alpha value is -2.57. The van der Waals surface area contributed by atoms with E-state index in [-0.39, 0.29) is 24.3 Å². The summed E-state index contributed by atoms with van der Waals surface area (Å²) in [4.78, 5) is 26.3. The first-order valence-electron chi connectivity index (χ1n) is 8.08. The van der Waals surface area contributed by atoms with Gasteiger partial charge in [-0.3, -0.25) is 9.59 Å². The molecule has 1 aliphatic heterocycles. The number of nitrogens with one attached hydrogen (secondary N) is 1. The lowest BCUT2D eigenvalue weighted by Gasteiger charge is -2.32. The Kier molecular flexibility index (Phi) is 4.69. The summed E-state index contributed by atoms with van der Waals surface area (Å²) >= 11 is 0. The second-order valence-corrected chi connectivity index (χ2v) is 6.11. The Morgan fingerprint density at radius 1 is 1.42 bits per heavy atom. The van der Waals surface area contributed by atoms with E-state index in [1.54, 1.807) is 24.0 Å². The van der Waals surface area contributed by atoms with E-state index in [1.165, 1.54) is 6.26 Å². The van der Waals surface area contributed by atoms with Gasteiger partial charge in [-0.15, -0.1) is 0 Å². The summed E-state index contributed by atoms with van der Waals surface area (Å²) < 4.78 is 10.2. The first-order valence-corrected chi connectivity index (χ1v) is 8.08. The number of rotatable bonds is 4. The van der Waals surface area contributed by atoms with Crippen LogP contribution < -0.4 is 5.32 Å². The Balaban J connectivity index is 1.57. The Bertz CT molecular complexity index is 701. The smallest absolute Gasteiger partial charge is 0.289 e. The van der Waals surface area contributed by atoms with Gasteiger partial charge in [0.1, 0.15) is 5.76 Å². The second kappa shape index (κ2) is 6.90. The molecule has 7 heteroatoms. The lowest BCUT2D eigenvalue weighted by atomic mass is 10.0. The third-order valence-electron chi connectivity index (χ3n) is 4.32. The maximum Gasteiger partial charge on any atom is 0.289 e. The number of aromatic nitrogens is 1. The molecule has 1 unspecified atom stereocenters. The van der Waals surface area contributed by atoms with Gasteiger partial charge >= 0.3 is 0 Å². The molecule has 0 spiro atoms. The summed E-state index contributed by atoms with van der Waals surface area (Å²) in [6.45, 7) is 4.79. The number of carbonyl (C=O) groups excluding carboxylic acids is 2. The van der Waals surface area contributed by atoms with Crippen molar-refractivity contribution in [2.24, 2.45) is 0 Å². The molecular weight excluding hydrogens is 310 g/mol. The Morgan fingerprint density at radius 2 is 2.25 bits per heavy atom. The molecule has 24 heavy (non-hydrogen) atoms. The second-order valence-electron chi connectivity index (χ2n) is 6.11.